The summed E-state index contributed by atoms with van der Waals surface area (Å²) in [4.78, 5) is 1.12. The summed E-state index contributed by atoms with van der Waals surface area (Å²) in [7, 11) is 0. The summed E-state index contributed by atoms with van der Waals surface area (Å²) < 4.78 is 21.2. The fourth-order valence-electron chi connectivity index (χ4n) is 3.61. The average Bonchev–Trinajstić information content (AvgIpc) is 3.10. The molecule has 1 fully saturated rings. The Morgan fingerprint density at radius 1 is 0.964 bits per heavy atom. The van der Waals surface area contributed by atoms with Gasteiger partial charge in [-0.3, -0.25) is 0 Å². The smallest absolute Gasteiger partial charge is 0.129 e. The molecule has 1 aliphatic rings. The highest BCUT2D eigenvalue weighted by Gasteiger charge is 2.44. The molecular weight excluding hydrogens is 383 g/mol. The Bertz CT molecular complexity index is 939. The van der Waals surface area contributed by atoms with E-state index in [9.17, 15) is 24.8 Å². The van der Waals surface area contributed by atoms with Gasteiger partial charge in [-0.2, -0.15) is 0 Å². The molecule has 4 unspecified atom stereocenters. The second-order valence-electron chi connectivity index (χ2n) is 7.03. The molecule has 2 heterocycles. The first kappa shape index (κ1) is 19.4. The van der Waals surface area contributed by atoms with Crippen LogP contribution in [0.15, 0.2) is 48.5 Å². The molecule has 7 heteroatoms. The molecule has 0 amide bonds. The quantitative estimate of drug-likeness (QED) is 0.535. The summed E-state index contributed by atoms with van der Waals surface area (Å²) in [6, 6.07) is 14.7. The lowest BCUT2D eigenvalue weighted by molar-refractivity contribution is -0.232. The van der Waals surface area contributed by atoms with Crippen LogP contribution in [-0.2, 0) is 11.2 Å². The Balaban J connectivity index is 1.63. The van der Waals surface area contributed by atoms with E-state index in [4.69, 9.17) is 4.74 Å². The number of aliphatic hydroxyl groups excluding tert-OH is 4. The third-order valence-corrected chi connectivity index (χ3v) is 6.23. The second kappa shape index (κ2) is 7.87. The van der Waals surface area contributed by atoms with Gasteiger partial charge in [-0.1, -0.05) is 24.3 Å². The van der Waals surface area contributed by atoms with Crippen molar-refractivity contribution in [3.8, 4) is 0 Å². The molecule has 1 aliphatic heterocycles. The molecule has 0 spiro atoms. The molecule has 2 aromatic carbocycles. The third-order valence-electron chi connectivity index (χ3n) is 5.11. The van der Waals surface area contributed by atoms with Crippen molar-refractivity contribution < 1.29 is 29.6 Å². The number of fused-ring (bicyclic) bond motifs is 1. The topological polar surface area (TPSA) is 90.2 Å². The van der Waals surface area contributed by atoms with Crippen molar-refractivity contribution in [1.29, 1.82) is 0 Å². The first-order valence-electron chi connectivity index (χ1n) is 9.04. The van der Waals surface area contributed by atoms with E-state index in [0.29, 0.717) is 6.42 Å². The SMILES string of the molecule is OCC1OC(c2cc(Cc3cc4ccccc4s3)ccc2F)C(O)[C@@H](O)C1O. The molecule has 0 saturated carbocycles. The van der Waals surface area contributed by atoms with Crippen LogP contribution >= 0.6 is 11.3 Å². The van der Waals surface area contributed by atoms with E-state index >= 15 is 0 Å². The van der Waals surface area contributed by atoms with Gasteiger partial charge in [0.15, 0.2) is 0 Å². The van der Waals surface area contributed by atoms with E-state index in [1.807, 2.05) is 24.3 Å². The first-order chi connectivity index (χ1) is 13.5. The highest BCUT2D eigenvalue weighted by atomic mass is 32.1. The third kappa shape index (κ3) is 3.57. The molecule has 0 bridgehead atoms. The van der Waals surface area contributed by atoms with Crippen molar-refractivity contribution in [1.82, 2.24) is 0 Å². The van der Waals surface area contributed by atoms with Gasteiger partial charge in [0, 0.05) is 21.6 Å². The van der Waals surface area contributed by atoms with Crippen molar-refractivity contribution in [3.63, 3.8) is 0 Å². The van der Waals surface area contributed by atoms with Crippen molar-refractivity contribution >= 4 is 21.4 Å². The molecule has 3 aromatic rings. The summed E-state index contributed by atoms with van der Waals surface area (Å²) in [5.74, 6) is -0.579. The van der Waals surface area contributed by atoms with Crippen LogP contribution in [-0.4, -0.2) is 51.4 Å². The molecule has 4 rings (SSSR count). The lowest BCUT2D eigenvalue weighted by Gasteiger charge is -2.40. The van der Waals surface area contributed by atoms with E-state index in [2.05, 4.69) is 6.07 Å². The summed E-state index contributed by atoms with van der Waals surface area (Å²) in [5, 5.41) is 40.7. The standard InChI is InChI=1S/C21H21FO5S/c22-15-6-5-11(7-13-9-12-3-1-2-4-17(12)28-13)8-14(15)21-20(26)19(25)18(24)16(10-23)27-21/h1-6,8-9,16,18-21,23-26H,7,10H2/t16?,18?,19-,20?,21?/m0/s1. The predicted octanol–water partition coefficient (Wildman–Crippen LogP) is 2.15. The Hall–Kier alpha value is -1.87. The van der Waals surface area contributed by atoms with Crippen LogP contribution in [0, 0.1) is 5.82 Å². The van der Waals surface area contributed by atoms with Crippen LogP contribution in [0.4, 0.5) is 4.39 Å². The molecule has 0 radical (unpaired) electrons. The molecular formula is C21H21FO5S. The molecule has 5 nitrogen and oxygen atoms in total. The normalized spacial score (nSPS) is 28.0. The lowest BCUT2D eigenvalue weighted by atomic mass is 9.90. The number of ether oxygens (including phenoxy) is 1. The number of hydrogen-bond acceptors (Lipinski definition) is 6. The minimum Gasteiger partial charge on any atom is -0.394 e. The maximum atomic E-state index is 14.5. The highest BCUT2D eigenvalue weighted by molar-refractivity contribution is 7.19. The molecule has 1 aromatic heterocycles. The monoisotopic (exact) mass is 404 g/mol. The number of thiophene rings is 1. The zero-order valence-corrected chi connectivity index (χ0v) is 15.7. The summed E-state index contributed by atoms with van der Waals surface area (Å²) >= 11 is 1.66. The Kier molecular flexibility index (Phi) is 5.46. The number of rotatable bonds is 4. The summed E-state index contributed by atoms with van der Waals surface area (Å²) in [5.41, 5.74) is 0.926. The van der Waals surface area contributed by atoms with Gasteiger partial charge in [0.1, 0.15) is 36.3 Å². The molecule has 4 N–H and O–H groups in total. The fraction of sp³-hybridized carbons (Fsp3) is 0.333. The van der Waals surface area contributed by atoms with Gasteiger partial charge < -0.3 is 25.2 Å². The summed E-state index contributed by atoms with van der Waals surface area (Å²) in [6.45, 7) is -0.551. The van der Waals surface area contributed by atoms with Crippen LogP contribution in [0.2, 0.25) is 0 Å². The zero-order chi connectivity index (χ0) is 19.8. The molecule has 5 atom stereocenters. The van der Waals surface area contributed by atoms with Crippen molar-refractivity contribution in [2.75, 3.05) is 6.61 Å². The molecule has 1 saturated heterocycles. The minimum absolute atomic E-state index is 0.0931. The molecule has 0 aliphatic carbocycles. The van der Waals surface area contributed by atoms with E-state index < -0.39 is 42.9 Å². The maximum absolute atomic E-state index is 14.5. The first-order valence-corrected chi connectivity index (χ1v) is 9.86. The van der Waals surface area contributed by atoms with E-state index in [1.54, 1.807) is 23.5 Å². The number of hydrogen-bond donors (Lipinski definition) is 4. The highest BCUT2D eigenvalue weighted by Crippen LogP contribution is 2.35. The second-order valence-corrected chi connectivity index (χ2v) is 8.20. The Morgan fingerprint density at radius 3 is 2.50 bits per heavy atom. The number of aliphatic hydroxyl groups is 4. The van der Waals surface area contributed by atoms with E-state index in [-0.39, 0.29) is 5.56 Å². The van der Waals surface area contributed by atoms with Gasteiger partial charge in [-0.05, 0) is 35.2 Å². The van der Waals surface area contributed by atoms with Crippen molar-refractivity contribution in [2.24, 2.45) is 0 Å². The van der Waals surface area contributed by atoms with Crippen LogP contribution < -0.4 is 0 Å². The van der Waals surface area contributed by atoms with Crippen molar-refractivity contribution in [3.05, 3.63) is 70.4 Å². The molecule has 148 valence electrons. The van der Waals surface area contributed by atoms with E-state index in [1.165, 1.54) is 10.8 Å². The number of halogens is 1. The predicted molar refractivity (Wildman–Crippen MR) is 104 cm³/mol. The minimum atomic E-state index is -1.54. The van der Waals surface area contributed by atoms with Gasteiger partial charge in [0.2, 0.25) is 0 Å². The summed E-state index contributed by atoms with van der Waals surface area (Å²) in [6.07, 6.45) is -6.19. The van der Waals surface area contributed by atoms with Gasteiger partial charge in [-0.15, -0.1) is 11.3 Å². The van der Waals surface area contributed by atoms with Gasteiger partial charge in [0.25, 0.3) is 0 Å². The number of benzene rings is 2. The zero-order valence-electron chi connectivity index (χ0n) is 14.9. The Morgan fingerprint density at radius 2 is 1.75 bits per heavy atom. The fourth-order valence-corrected chi connectivity index (χ4v) is 4.70. The van der Waals surface area contributed by atoms with Crippen molar-refractivity contribution in [2.45, 2.75) is 36.9 Å². The van der Waals surface area contributed by atoms with Gasteiger partial charge >= 0.3 is 0 Å². The van der Waals surface area contributed by atoms with Gasteiger partial charge in [0.05, 0.1) is 6.61 Å². The van der Waals surface area contributed by atoms with Crippen LogP contribution in [0.25, 0.3) is 10.1 Å². The average molecular weight is 404 g/mol. The maximum Gasteiger partial charge on any atom is 0.129 e. The largest absolute Gasteiger partial charge is 0.394 e. The lowest BCUT2D eigenvalue weighted by Crippen LogP contribution is -2.55. The van der Waals surface area contributed by atoms with Crippen LogP contribution in [0.3, 0.4) is 0 Å². The van der Waals surface area contributed by atoms with Gasteiger partial charge in [-0.25, -0.2) is 4.39 Å². The van der Waals surface area contributed by atoms with Crippen LogP contribution in [0.1, 0.15) is 22.1 Å². The molecule has 28 heavy (non-hydrogen) atoms. The van der Waals surface area contributed by atoms with Crippen LogP contribution in [0.5, 0.6) is 0 Å². The Labute approximate surface area is 165 Å². The van der Waals surface area contributed by atoms with E-state index in [0.717, 1.165) is 15.8 Å².